The second-order valence-corrected chi connectivity index (χ2v) is 3.95. The number of ether oxygens (including phenoxy) is 1. The molecule has 0 N–H and O–H groups in total. The van der Waals surface area contributed by atoms with Gasteiger partial charge in [-0.15, -0.1) is 0 Å². The van der Waals surface area contributed by atoms with Gasteiger partial charge in [0.15, 0.2) is 0 Å². The molecule has 0 aliphatic rings. The van der Waals surface area contributed by atoms with Crippen LogP contribution >= 0.6 is 0 Å². The highest BCUT2D eigenvalue weighted by molar-refractivity contribution is 5.27. The Labute approximate surface area is 93.5 Å². The summed E-state index contributed by atoms with van der Waals surface area (Å²) in [6.45, 7) is 5.26. The Kier molecular flexibility index (Phi) is 5.91. The third-order valence-electron chi connectivity index (χ3n) is 2.48. The van der Waals surface area contributed by atoms with E-state index < -0.39 is 0 Å². The summed E-state index contributed by atoms with van der Waals surface area (Å²) < 4.78 is 5.64. The van der Waals surface area contributed by atoms with Crippen LogP contribution in [0.15, 0.2) is 24.3 Å². The Morgan fingerprint density at radius 1 is 0.933 bits per heavy atom. The maximum atomic E-state index is 5.64. The molecule has 1 aromatic carbocycles. The van der Waals surface area contributed by atoms with Gasteiger partial charge in [0, 0.05) is 0 Å². The minimum absolute atomic E-state index is 0.848. The van der Waals surface area contributed by atoms with Crippen LogP contribution in [-0.2, 0) is 6.42 Å². The Morgan fingerprint density at radius 3 is 2.27 bits per heavy atom. The maximum Gasteiger partial charge on any atom is 0.119 e. The summed E-state index contributed by atoms with van der Waals surface area (Å²) in [5, 5.41) is 0. The largest absolute Gasteiger partial charge is 0.494 e. The number of unbranched alkanes of at least 4 members (excludes halogenated alkanes) is 2. The van der Waals surface area contributed by atoms with E-state index >= 15 is 0 Å². The highest BCUT2D eigenvalue weighted by atomic mass is 16.5. The van der Waals surface area contributed by atoms with Gasteiger partial charge < -0.3 is 4.74 Å². The third-order valence-corrected chi connectivity index (χ3v) is 2.48. The highest BCUT2D eigenvalue weighted by Gasteiger charge is 1.94. The van der Waals surface area contributed by atoms with Crippen molar-refractivity contribution in [3.63, 3.8) is 0 Å². The Balaban J connectivity index is 2.29. The fraction of sp³-hybridized carbons (Fsp3) is 0.571. The molecule has 0 bridgehead atoms. The Bertz CT molecular complexity index is 251. The van der Waals surface area contributed by atoms with E-state index in [-0.39, 0.29) is 0 Å². The molecular weight excluding hydrogens is 184 g/mol. The number of rotatable bonds is 7. The molecule has 0 saturated carbocycles. The van der Waals surface area contributed by atoms with Crippen LogP contribution in [0, 0.1) is 0 Å². The molecule has 1 heteroatoms. The average Bonchev–Trinajstić information content (AvgIpc) is 2.27. The molecule has 0 radical (unpaired) electrons. The van der Waals surface area contributed by atoms with Gasteiger partial charge in [-0.25, -0.2) is 0 Å². The van der Waals surface area contributed by atoms with Crippen molar-refractivity contribution in [2.45, 2.75) is 46.0 Å². The molecule has 15 heavy (non-hydrogen) atoms. The first-order chi connectivity index (χ1) is 7.36. The van der Waals surface area contributed by atoms with Gasteiger partial charge in [0.2, 0.25) is 0 Å². The molecule has 0 amide bonds. The third kappa shape index (κ3) is 4.87. The monoisotopic (exact) mass is 206 g/mol. The van der Waals surface area contributed by atoms with Crippen LogP contribution in [0.25, 0.3) is 0 Å². The zero-order valence-corrected chi connectivity index (χ0v) is 9.96. The minimum Gasteiger partial charge on any atom is -0.494 e. The molecule has 0 saturated heterocycles. The predicted octanol–water partition coefficient (Wildman–Crippen LogP) is 4.21. The molecule has 0 fully saturated rings. The molecule has 0 aliphatic heterocycles. The van der Waals surface area contributed by atoms with Crippen LogP contribution in [-0.4, -0.2) is 6.61 Å². The zero-order valence-electron chi connectivity index (χ0n) is 9.96. The summed E-state index contributed by atoms with van der Waals surface area (Å²) in [6.07, 6.45) is 6.03. The molecule has 84 valence electrons. The molecule has 0 aliphatic carbocycles. The van der Waals surface area contributed by atoms with Crippen LogP contribution in [0.1, 0.15) is 45.1 Å². The van der Waals surface area contributed by atoms with Crippen LogP contribution in [0.5, 0.6) is 5.75 Å². The van der Waals surface area contributed by atoms with E-state index in [1.807, 2.05) is 0 Å². The van der Waals surface area contributed by atoms with E-state index in [0.717, 1.165) is 25.2 Å². The predicted molar refractivity (Wildman–Crippen MR) is 65.5 cm³/mol. The molecular formula is C14H22O. The van der Waals surface area contributed by atoms with Crippen molar-refractivity contribution in [3.05, 3.63) is 29.8 Å². The van der Waals surface area contributed by atoms with Crippen molar-refractivity contribution in [2.75, 3.05) is 6.61 Å². The summed E-state index contributed by atoms with van der Waals surface area (Å²) >= 11 is 0. The van der Waals surface area contributed by atoms with Crippen LogP contribution in [0.3, 0.4) is 0 Å². The molecule has 0 aromatic heterocycles. The average molecular weight is 206 g/mol. The first-order valence-electron chi connectivity index (χ1n) is 6.08. The zero-order chi connectivity index (χ0) is 10.9. The highest BCUT2D eigenvalue weighted by Crippen LogP contribution is 2.13. The Morgan fingerprint density at radius 2 is 1.67 bits per heavy atom. The van der Waals surface area contributed by atoms with Gasteiger partial charge in [0.25, 0.3) is 0 Å². The van der Waals surface area contributed by atoms with E-state index in [9.17, 15) is 0 Å². The fourth-order valence-electron chi connectivity index (χ4n) is 1.58. The fourth-order valence-corrected chi connectivity index (χ4v) is 1.58. The van der Waals surface area contributed by atoms with Gasteiger partial charge in [-0.1, -0.05) is 45.2 Å². The quantitative estimate of drug-likeness (QED) is 0.607. The summed E-state index contributed by atoms with van der Waals surface area (Å²) in [5.74, 6) is 1.01. The van der Waals surface area contributed by atoms with E-state index in [2.05, 4.69) is 38.1 Å². The van der Waals surface area contributed by atoms with Crippen LogP contribution < -0.4 is 4.74 Å². The summed E-state index contributed by atoms with van der Waals surface area (Å²) in [6, 6.07) is 8.49. The molecule has 1 nitrogen and oxygen atoms in total. The molecule has 0 spiro atoms. The van der Waals surface area contributed by atoms with Gasteiger partial charge in [-0.05, 0) is 30.5 Å². The van der Waals surface area contributed by atoms with Crippen LogP contribution in [0.4, 0.5) is 0 Å². The number of hydrogen-bond donors (Lipinski definition) is 0. The van der Waals surface area contributed by atoms with E-state index in [1.54, 1.807) is 0 Å². The smallest absolute Gasteiger partial charge is 0.119 e. The first-order valence-corrected chi connectivity index (χ1v) is 6.08. The number of aryl methyl sites for hydroxylation is 1. The topological polar surface area (TPSA) is 9.23 Å². The van der Waals surface area contributed by atoms with Gasteiger partial charge in [0.1, 0.15) is 5.75 Å². The van der Waals surface area contributed by atoms with Crippen molar-refractivity contribution in [2.24, 2.45) is 0 Å². The molecule has 0 heterocycles. The van der Waals surface area contributed by atoms with Gasteiger partial charge in [-0.2, -0.15) is 0 Å². The SMILES string of the molecule is CCCCCOc1ccc(CCC)cc1. The second-order valence-electron chi connectivity index (χ2n) is 3.95. The normalized spacial score (nSPS) is 10.3. The van der Waals surface area contributed by atoms with E-state index in [4.69, 9.17) is 4.74 Å². The second kappa shape index (κ2) is 7.33. The van der Waals surface area contributed by atoms with Crippen LogP contribution in [0.2, 0.25) is 0 Å². The van der Waals surface area contributed by atoms with Gasteiger partial charge in [-0.3, -0.25) is 0 Å². The lowest BCUT2D eigenvalue weighted by molar-refractivity contribution is 0.306. The summed E-state index contributed by atoms with van der Waals surface area (Å²) in [7, 11) is 0. The van der Waals surface area contributed by atoms with Crippen molar-refractivity contribution in [1.29, 1.82) is 0 Å². The number of hydrogen-bond acceptors (Lipinski definition) is 1. The first kappa shape index (κ1) is 12.1. The Hall–Kier alpha value is -0.980. The molecule has 0 atom stereocenters. The maximum absolute atomic E-state index is 5.64. The lowest BCUT2D eigenvalue weighted by atomic mass is 10.1. The molecule has 0 unspecified atom stereocenters. The van der Waals surface area contributed by atoms with Gasteiger partial charge in [0.05, 0.1) is 6.61 Å². The minimum atomic E-state index is 0.848. The molecule has 1 rings (SSSR count). The number of benzene rings is 1. The standard InChI is InChI=1S/C14H22O/c1-3-5-6-12-15-14-10-8-13(7-4-2)9-11-14/h8-11H,3-7,12H2,1-2H3. The van der Waals surface area contributed by atoms with Crippen molar-refractivity contribution < 1.29 is 4.74 Å². The lowest BCUT2D eigenvalue weighted by Crippen LogP contribution is -1.96. The van der Waals surface area contributed by atoms with Crippen molar-refractivity contribution in [3.8, 4) is 5.75 Å². The molecule has 1 aromatic rings. The summed E-state index contributed by atoms with van der Waals surface area (Å²) in [5.41, 5.74) is 1.40. The van der Waals surface area contributed by atoms with Gasteiger partial charge >= 0.3 is 0 Å². The summed E-state index contributed by atoms with van der Waals surface area (Å²) in [4.78, 5) is 0. The van der Waals surface area contributed by atoms with E-state index in [1.165, 1.54) is 24.8 Å². The van der Waals surface area contributed by atoms with E-state index in [0.29, 0.717) is 0 Å². The van der Waals surface area contributed by atoms with Crippen molar-refractivity contribution in [1.82, 2.24) is 0 Å². The van der Waals surface area contributed by atoms with Crippen molar-refractivity contribution >= 4 is 0 Å². The lowest BCUT2D eigenvalue weighted by Gasteiger charge is -2.06.